The standard InChI is InChI=1S/C20H21F3N2O3S/c1-13-7-9-16(10-8-13)25-18(26)12-29-14(2)19(27)24-11-15-5-3-4-6-17(15)28-20(21,22)23/h3-10,14H,11-12H2,1-2H3,(H,24,27)(H,25,26). The van der Waals surface area contributed by atoms with Gasteiger partial charge < -0.3 is 15.4 Å². The number of ether oxygens (including phenoxy) is 1. The highest BCUT2D eigenvalue weighted by Crippen LogP contribution is 2.26. The Hall–Kier alpha value is -2.68. The van der Waals surface area contributed by atoms with Crippen LogP contribution in [0.5, 0.6) is 5.75 Å². The molecule has 0 saturated carbocycles. The van der Waals surface area contributed by atoms with Crippen LogP contribution in [-0.2, 0) is 16.1 Å². The minimum atomic E-state index is -4.81. The molecule has 0 aliphatic carbocycles. The predicted molar refractivity (Wildman–Crippen MR) is 107 cm³/mol. The van der Waals surface area contributed by atoms with E-state index >= 15 is 0 Å². The lowest BCUT2D eigenvalue weighted by molar-refractivity contribution is -0.274. The molecule has 0 aliphatic heterocycles. The van der Waals surface area contributed by atoms with Crippen LogP contribution in [0, 0.1) is 6.92 Å². The van der Waals surface area contributed by atoms with Crippen LogP contribution in [0.4, 0.5) is 18.9 Å². The number of rotatable bonds is 8. The maximum absolute atomic E-state index is 12.4. The van der Waals surface area contributed by atoms with Crippen LogP contribution in [0.2, 0.25) is 0 Å². The molecular formula is C20H21F3N2O3S. The van der Waals surface area contributed by atoms with Crippen molar-refractivity contribution in [3.63, 3.8) is 0 Å². The zero-order valence-electron chi connectivity index (χ0n) is 15.9. The molecule has 2 amide bonds. The molecule has 2 aromatic rings. The number of para-hydroxylation sites is 1. The van der Waals surface area contributed by atoms with Gasteiger partial charge in [-0.3, -0.25) is 9.59 Å². The summed E-state index contributed by atoms with van der Waals surface area (Å²) in [4.78, 5) is 24.2. The third-order valence-electron chi connectivity index (χ3n) is 3.82. The first kappa shape index (κ1) is 22.6. The number of carbonyl (C=O) groups is 2. The fourth-order valence-electron chi connectivity index (χ4n) is 2.31. The van der Waals surface area contributed by atoms with Gasteiger partial charge in [0.05, 0.1) is 11.0 Å². The van der Waals surface area contributed by atoms with E-state index in [2.05, 4.69) is 15.4 Å². The monoisotopic (exact) mass is 426 g/mol. The second kappa shape index (κ2) is 10.2. The Kier molecular flexibility index (Phi) is 7.95. The second-order valence-electron chi connectivity index (χ2n) is 6.24. The summed E-state index contributed by atoms with van der Waals surface area (Å²) in [6.07, 6.45) is -4.81. The number of halogens is 3. The van der Waals surface area contributed by atoms with E-state index in [1.54, 1.807) is 25.1 Å². The number of amides is 2. The first-order valence-corrected chi connectivity index (χ1v) is 9.78. The zero-order valence-corrected chi connectivity index (χ0v) is 16.7. The van der Waals surface area contributed by atoms with Crippen molar-refractivity contribution >= 4 is 29.3 Å². The van der Waals surface area contributed by atoms with Crippen molar-refractivity contribution in [2.75, 3.05) is 11.1 Å². The van der Waals surface area contributed by atoms with Gasteiger partial charge in [0.15, 0.2) is 0 Å². The fourth-order valence-corrected chi connectivity index (χ4v) is 3.02. The second-order valence-corrected chi connectivity index (χ2v) is 7.57. The van der Waals surface area contributed by atoms with E-state index in [0.29, 0.717) is 5.69 Å². The van der Waals surface area contributed by atoms with Gasteiger partial charge in [-0.15, -0.1) is 24.9 Å². The van der Waals surface area contributed by atoms with Gasteiger partial charge >= 0.3 is 6.36 Å². The Labute approximate surface area is 171 Å². The smallest absolute Gasteiger partial charge is 0.405 e. The van der Waals surface area contributed by atoms with E-state index in [1.807, 2.05) is 19.1 Å². The van der Waals surface area contributed by atoms with Crippen molar-refractivity contribution < 1.29 is 27.5 Å². The number of aryl methyl sites for hydroxylation is 1. The van der Waals surface area contributed by atoms with Gasteiger partial charge in [-0.2, -0.15) is 0 Å². The van der Waals surface area contributed by atoms with Crippen LogP contribution in [0.3, 0.4) is 0 Å². The molecule has 1 unspecified atom stereocenters. The Morgan fingerprint density at radius 2 is 1.76 bits per heavy atom. The molecule has 0 aliphatic rings. The summed E-state index contributed by atoms with van der Waals surface area (Å²) < 4.78 is 41.3. The lowest BCUT2D eigenvalue weighted by Gasteiger charge is -2.15. The maximum atomic E-state index is 12.4. The molecule has 1 atom stereocenters. The summed E-state index contributed by atoms with van der Waals surface area (Å²) in [5, 5.41) is 4.74. The summed E-state index contributed by atoms with van der Waals surface area (Å²) in [7, 11) is 0. The normalized spacial score (nSPS) is 12.2. The molecule has 0 spiro atoms. The summed E-state index contributed by atoms with van der Waals surface area (Å²) in [5.74, 6) is -0.934. The third-order valence-corrected chi connectivity index (χ3v) is 4.96. The van der Waals surface area contributed by atoms with Crippen LogP contribution >= 0.6 is 11.8 Å². The van der Waals surface area contributed by atoms with E-state index in [-0.39, 0.29) is 35.4 Å². The van der Waals surface area contributed by atoms with Crippen LogP contribution in [0.15, 0.2) is 48.5 Å². The van der Waals surface area contributed by atoms with Crippen molar-refractivity contribution in [2.45, 2.75) is 32.0 Å². The number of thioether (sulfide) groups is 1. The Balaban J connectivity index is 1.80. The number of hydrogen-bond donors (Lipinski definition) is 2. The molecule has 0 fully saturated rings. The molecule has 5 nitrogen and oxygen atoms in total. The molecule has 9 heteroatoms. The predicted octanol–water partition coefficient (Wildman–Crippen LogP) is 4.27. The van der Waals surface area contributed by atoms with Crippen molar-refractivity contribution in [1.82, 2.24) is 5.32 Å². The number of benzene rings is 2. The largest absolute Gasteiger partial charge is 0.573 e. The minimum Gasteiger partial charge on any atom is -0.405 e. The number of carbonyl (C=O) groups excluding carboxylic acids is 2. The fraction of sp³-hybridized carbons (Fsp3) is 0.300. The summed E-state index contributed by atoms with van der Waals surface area (Å²) in [6.45, 7) is 3.44. The molecule has 0 bridgehead atoms. The van der Waals surface area contributed by atoms with Crippen molar-refractivity contribution in [2.24, 2.45) is 0 Å². The van der Waals surface area contributed by atoms with Crippen molar-refractivity contribution in [1.29, 1.82) is 0 Å². The van der Waals surface area contributed by atoms with Crippen molar-refractivity contribution in [3.05, 3.63) is 59.7 Å². The SMILES string of the molecule is Cc1ccc(NC(=O)CSC(C)C(=O)NCc2ccccc2OC(F)(F)F)cc1. The van der Waals surface area contributed by atoms with Crippen molar-refractivity contribution in [3.8, 4) is 5.75 Å². The van der Waals surface area contributed by atoms with E-state index in [9.17, 15) is 22.8 Å². The van der Waals surface area contributed by atoms with Crippen LogP contribution in [0.1, 0.15) is 18.1 Å². The molecule has 0 heterocycles. The van der Waals surface area contributed by atoms with E-state index in [1.165, 1.54) is 18.2 Å². The molecule has 0 radical (unpaired) electrons. The summed E-state index contributed by atoms with van der Waals surface area (Å²) in [5.41, 5.74) is 1.94. The number of anilines is 1. The first-order chi connectivity index (χ1) is 13.6. The molecule has 0 saturated heterocycles. The molecule has 0 aromatic heterocycles. The highest BCUT2D eigenvalue weighted by atomic mass is 32.2. The van der Waals surface area contributed by atoms with Gasteiger partial charge in [0.2, 0.25) is 11.8 Å². The molecule has 2 aromatic carbocycles. The average Bonchev–Trinajstić information content (AvgIpc) is 2.65. The maximum Gasteiger partial charge on any atom is 0.573 e. The van der Waals surface area contributed by atoms with Gasteiger partial charge in [0.1, 0.15) is 5.75 Å². The highest BCUT2D eigenvalue weighted by Gasteiger charge is 2.32. The van der Waals surface area contributed by atoms with E-state index in [0.717, 1.165) is 17.3 Å². The Morgan fingerprint density at radius 3 is 2.41 bits per heavy atom. The number of hydrogen-bond acceptors (Lipinski definition) is 4. The molecule has 2 N–H and O–H groups in total. The summed E-state index contributed by atoms with van der Waals surface area (Å²) >= 11 is 1.13. The van der Waals surface area contributed by atoms with Gasteiger partial charge in [0, 0.05) is 17.8 Å². The highest BCUT2D eigenvalue weighted by molar-refractivity contribution is 8.01. The number of nitrogens with one attached hydrogen (secondary N) is 2. The lowest BCUT2D eigenvalue weighted by atomic mass is 10.2. The Morgan fingerprint density at radius 1 is 1.10 bits per heavy atom. The molecule has 29 heavy (non-hydrogen) atoms. The molecule has 2 rings (SSSR count). The van der Waals surface area contributed by atoms with Gasteiger partial charge in [0.25, 0.3) is 0 Å². The first-order valence-electron chi connectivity index (χ1n) is 8.73. The van der Waals surface area contributed by atoms with E-state index in [4.69, 9.17) is 0 Å². The third kappa shape index (κ3) is 8.06. The average molecular weight is 426 g/mol. The zero-order chi connectivity index (χ0) is 21.4. The van der Waals surface area contributed by atoms with E-state index < -0.39 is 11.6 Å². The lowest BCUT2D eigenvalue weighted by Crippen LogP contribution is -2.32. The van der Waals surface area contributed by atoms with Gasteiger partial charge in [-0.05, 0) is 32.0 Å². The van der Waals surface area contributed by atoms with Crippen LogP contribution < -0.4 is 15.4 Å². The minimum absolute atomic E-state index is 0.0657. The van der Waals surface area contributed by atoms with Gasteiger partial charge in [-0.25, -0.2) is 0 Å². The van der Waals surface area contributed by atoms with Gasteiger partial charge in [-0.1, -0.05) is 35.9 Å². The quantitative estimate of drug-likeness (QED) is 0.662. The van der Waals surface area contributed by atoms with Crippen LogP contribution in [0.25, 0.3) is 0 Å². The Bertz CT molecular complexity index is 842. The number of alkyl halides is 3. The summed E-state index contributed by atoms with van der Waals surface area (Å²) in [6, 6.07) is 12.9. The topological polar surface area (TPSA) is 67.4 Å². The molecular weight excluding hydrogens is 405 g/mol. The van der Waals surface area contributed by atoms with Crippen LogP contribution in [-0.4, -0.2) is 29.2 Å². The molecule has 156 valence electrons.